The molecular weight excluding hydrogens is 358 g/mol. The molecule has 2 heterocycles. The second-order valence-corrected chi connectivity index (χ2v) is 5.67. The molecule has 0 saturated carbocycles. The quantitative estimate of drug-likeness (QED) is 0.431. The van der Waals surface area contributed by atoms with Crippen LogP contribution in [0.5, 0.6) is 0 Å². The lowest BCUT2D eigenvalue weighted by Crippen LogP contribution is -2.30. The zero-order valence-corrected chi connectivity index (χ0v) is 13.7. The highest BCUT2D eigenvalue weighted by Gasteiger charge is 2.18. The van der Waals surface area contributed by atoms with Gasteiger partial charge in [-0.2, -0.15) is 0 Å². The van der Waals surface area contributed by atoms with Gasteiger partial charge < -0.3 is 4.42 Å². The predicted molar refractivity (Wildman–Crippen MR) is 90.6 cm³/mol. The molecule has 5 nitrogen and oxygen atoms in total. The first-order valence-corrected chi connectivity index (χ1v) is 7.60. The van der Waals surface area contributed by atoms with Crippen LogP contribution in [-0.2, 0) is 0 Å². The summed E-state index contributed by atoms with van der Waals surface area (Å²) in [5.41, 5.74) is 4.00. The lowest BCUT2D eigenvalue weighted by atomic mass is 10.2. The van der Waals surface area contributed by atoms with Gasteiger partial charge in [0.25, 0.3) is 0 Å². The molecule has 2 aromatic heterocycles. The van der Waals surface area contributed by atoms with Crippen LogP contribution in [0.1, 0.15) is 10.4 Å². The van der Waals surface area contributed by atoms with Gasteiger partial charge in [0.1, 0.15) is 5.76 Å². The zero-order chi connectivity index (χ0) is 16.2. The molecule has 0 radical (unpaired) electrons. The van der Waals surface area contributed by atoms with Crippen LogP contribution >= 0.6 is 15.9 Å². The van der Waals surface area contributed by atoms with Crippen LogP contribution in [0.2, 0.25) is 0 Å². The fraction of sp³-hybridized carbons (Fsp3) is 0. The van der Waals surface area contributed by atoms with E-state index < -0.39 is 0 Å². The van der Waals surface area contributed by atoms with Gasteiger partial charge in [0.2, 0.25) is 0 Å². The lowest BCUT2D eigenvalue weighted by Gasteiger charge is -2.00. The third kappa shape index (κ3) is 3.54. The zero-order valence-electron chi connectivity index (χ0n) is 12.1. The third-order valence-corrected chi connectivity index (χ3v) is 3.62. The molecule has 0 bridgehead atoms. The summed E-state index contributed by atoms with van der Waals surface area (Å²) in [5, 5.41) is 0. The summed E-state index contributed by atoms with van der Waals surface area (Å²) < 4.78 is 7.99. The van der Waals surface area contributed by atoms with Gasteiger partial charge in [-0.3, -0.25) is 9.78 Å². The van der Waals surface area contributed by atoms with E-state index in [1.165, 1.54) is 10.9 Å². The highest BCUT2D eigenvalue weighted by molar-refractivity contribution is 9.10. The van der Waals surface area contributed by atoms with Crippen LogP contribution in [0.3, 0.4) is 0 Å². The Morgan fingerprint density at radius 3 is 2.83 bits per heavy atom. The minimum absolute atomic E-state index is 0.312. The molecule has 3 aromatic rings. The van der Waals surface area contributed by atoms with Crippen molar-refractivity contribution in [1.29, 1.82) is 0 Å². The SMILES string of the molecule is C=[N+](NC(=O)c1cccnc1)c1ccc(-c2cccc(Br)c2)o1. The number of rotatable bonds is 4. The first kappa shape index (κ1) is 15.2. The minimum Gasteiger partial charge on any atom is -0.403 e. The smallest absolute Gasteiger partial charge is 0.402 e. The molecule has 3 rings (SSSR count). The maximum absolute atomic E-state index is 12.1. The van der Waals surface area contributed by atoms with E-state index in [4.69, 9.17) is 4.42 Å². The fourth-order valence-corrected chi connectivity index (χ4v) is 2.41. The first-order chi connectivity index (χ1) is 11.1. The predicted octanol–water partition coefficient (Wildman–Crippen LogP) is 3.79. The van der Waals surface area contributed by atoms with Crippen LogP contribution in [-0.4, -0.2) is 22.3 Å². The highest BCUT2D eigenvalue weighted by atomic mass is 79.9. The van der Waals surface area contributed by atoms with Gasteiger partial charge in [0.15, 0.2) is 6.72 Å². The Kier molecular flexibility index (Phi) is 4.34. The number of halogens is 1. The van der Waals surface area contributed by atoms with E-state index in [0.29, 0.717) is 17.2 Å². The van der Waals surface area contributed by atoms with E-state index >= 15 is 0 Å². The Morgan fingerprint density at radius 2 is 2.09 bits per heavy atom. The summed E-state index contributed by atoms with van der Waals surface area (Å²) in [6, 6.07) is 14.7. The van der Waals surface area contributed by atoms with Crippen LogP contribution < -0.4 is 5.43 Å². The minimum atomic E-state index is -0.312. The van der Waals surface area contributed by atoms with E-state index in [0.717, 1.165) is 10.0 Å². The largest absolute Gasteiger partial charge is 0.403 e. The van der Waals surface area contributed by atoms with Crippen molar-refractivity contribution >= 4 is 34.4 Å². The fourth-order valence-electron chi connectivity index (χ4n) is 2.01. The second-order valence-electron chi connectivity index (χ2n) is 4.76. The molecule has 0 atom stereocenters. The van der Waals surface area contributed by atoms with Crippen molar-refractivity contribution in [3.8, 4) is 11.3 Å². The second kappa shape index (κ2) is 6.58. The monoisotopic (exact) mass is 370 g/mol. The highest BCUT2D eigenvalue weighted by Crippen LogP contribution is 2.27. The summed E-state index contributed by atoms with van der Waals surface area (Å²) in [5.74, 6) is 0.802. The molecule has 114 valence electrons. The standard InChI is InChI=1S/C17H12BrN3O2/c1-21(20-17(22)13-5-3-9-19-11-13)16-8-7-15(23-16)12-4-2-6-14(18)10-12/h2-11H,1H2/p+1. The van der Waals surface area contributed by atoms with Gasteiger partial charge in [-0.05, 0) is 35.0 Å². The number of nitrogens with one attached hydrogen (secondary N) is 1. The number of hydrogen-bond donors (Lipinski definition) is 1. The Bertz CT molecular complexity index is 859. The van der Waals surface area contributed by atoms with Crippen molar-refractivity contribution in [1.82, 2.24) is 10.4 Å². The van der Waals surface area contributed by atoms with E-state index in [1.54, 1.807) is 24.4 Å². The number of pyridine rings is 1. The average Bonchev–Trinajstić information content (AvgIpc) is 3.06. The number of hydrogen-bond acceptors (Lipinski definition) is 3. The van der Waals surface area contributed by atoms with Crippen molar-refractivity contribution in [3.05, 3.63) is 71.0 Å². The molecule has 0 aliphatic carbocycles. The molecule has 1 N–H and O–H groups in total. The number of carbonyl (C=O) groups excluding carboxylic acids is 1. The van der Waals surface area contributed by atoms with Crippen molar-refractivity contribution in [2.75, 3.05) is 0 Å². The molecule has 0 spiro atoms. The number of aromatic nitrogens is 1. The van der Waals surface area contributed by atoms with Gasteiger partial charge >= 0.3 is 11.8 Å². The molecule has 0 unspecified atom stereocenters. The molecule has 23 heavy (non-hydrogen) atoms. The van der Waals surface area contributed by atoms with Crippen molar-refractivity contribution in [2.24, 2.45) is 0 Å². The molecule has 0 aliphatic heterocycles. The van der Waals surface area contributed by atoms with Gasteiger partial charge in [-0.15, -0.1) is 5.43 Å². The lowest BCUT2D eigenvalue weighted by molar-refractivity contribution is -0.494. The Balaban J connectivity index is 1.75. The topological polar surface area (TPSA) is 58.1 Å². The number of hydrazine groups is 1. The van der Waals surface area contributed by atoms with E-state index in [9.17, 15) is 4.79 Å². The van der Waals surface area contributed by atoms with Gasteiger partial charge in [-0.25, -0.2) is 0 Å². The number of furan rings is 1. The first-order valence-electron chi connectivity index (χ1n) is 6.81. The van der Waals surface area contributed by atoms with Crippen molar-refractivity contribution in [2.45, 2.75) is 0 Å². The maximum Gasteiger partial charge on any atom is 0.402 e. The summed E-state index contributed by atoms with van der Waals surface area (Å²) in [6.07, 6.45) is 3.09. The van der Waals surface area contributed by atoms with Gasteiger partial charge in [-0.1, -0.05) is 28.1 Å². The van der Waals surface area contributed by atoms with E-state index in [-0.39, 0.29) is 5.91 Å². The summed E-state index contributed by atoms with van der Waals surface area (Å²) in [6.45, 7) is 3.78. The van der Waals surface area contributed by atoms with Crippen LogP contribution in [0.15, 0.2) is 69.8 Å². The molecule has 0 aliphatic rings. The van der Waals surface area contributed by atoms with Crippen molar-refractivity contribution in [3.63, 3.8) is 0 Å². The Morgan fingerprint density at radius 1 is 1.22 bits per heavy atom. The number of hydrazone groups is 1. The number of amides is 1. The number of benzene rings is 1. The van der Waals surface area contributed by atoms with Crippen LogP contribution in [0, 0.1) is 0 Å². The maximum atomic E-state index is 12.1. The van der Waals surface area contributed by atoms with E-state index in [1.807, 2.05) is 30.3 Å². The molecule has 0 saturated heterocycles. The van der Waals surface area contributed by atoms with Crippen LogP contribution in [0.4, 0.5) is 5.88 Å². The summed E-state index contributed by atoms with van der Waals surface area (Å²) >= 11 is 3.43. The Hall–Kier alpha value is -2.73. The number of carbonyl (C=O) groups is 1. The third-order valence-electron chi connectivity index (χ3n) is 3.13. The average molecular weight is 371 g/mol. The van der Waals surface area contributed by atoms with E-state index in [2.05, 4.69) is 33.1 Å². The molecular formula is C17H13BrN3O2+. The molecule has 6 heteroatoms. The molecule has 0 fully saturated rings. The molecule has 1 amide bonds. The van der Waals surface area contributed by atoms with Crippen LogP contribution in [0.25, 0.3) is 11.3 Å². The molecule has 1 aromatic carbocycles. The van der Waals surface area contributed by atoms with Gasteiger partial charge in [0, 0.05) is 22.4 Å². The Labute approximate surface area is 141 Å². The summed E-state index contributed by atoms with van der Waals surface area (Å²) in [4.78, 5) is 16.0. The normalized spacial score (nSPS) is 10.3. The van der Waals surface area contributed by atoms with Gasteiger partial charge in [0.05, 0.1) is 11.6 Å². The number of nitrogens with zero attached hydrogens (tertiary/aromatic N) is 2. The summed E-state index contributed by atoms with van der Waals surface area (Å²) in [7, 11) is 0. The van der Waals surface area contributed by atoms with Crippen molar-refractivity contribution < 1.29 is 13.9 Å².